The first-order chi connectivity index (χ1) is 10.8. The first-order valence-electron chi connectivity index (χ1n) is 7.20. The minimum absolute atomic E-state index is 0.202. The minimum atomic E-state index is -3.72. The summed E-state index contributed by atoms with van der Waals surface area (Å²) in [6, 6.07) is 14.3. The van der Waals surface area contributed by atoms with Crippen molar-refractivity contribution in [3.05, 3.63) is 59.7 Å². The molecule has 0 aliphatic carbocycles. The van der Waals surface area contributed by atoms with Crippen molar-refractivity contribution in [3.63, 3.8) is 0 Å². The number of aryl methyl sites for hydroxylation is 2. The first-order valence-corrected chi connectivity index (χ1v) is 8.68. The van der Waals surface area contributed by atoms with Crippen LogP contribution in [0.5, 0.6) is 0 Å². The van der Waals surface area contributed by atoms with E-state index in [2.05, 4.69) is 4.72 Å². The maximum absolute atomic E-state index is 12.4. The van der Waals surface area contributed by atoms with Crippen LogP contribution in [0, 0.1) is 13.8 Å². The van der Waals surface area contributed by atoms with Crippen LogP contribution in [-0.4, -0.2) is 27.9 Å². The second-order valence-corrected chi connectivity index (χ2v) is 7.12. The number of likely N-dealkylation sites (N-methyl/N-ethyl adjacent to an activating group) is 1. The SMILES string of the molecule is Cc1ccc(C)c(S(=O)(=O)NCC(=O)N(C)c2ccccc2)c1. The summed E-state index contributed by atoms with van der Waals surface area (Å²) >= 11 is 0. The Morgan fingerprint density at radius 3 is 2.39 bits per heavy atom. The van der Waals surface area contributed by atoms with Crippen molar-refractivity contribution in [1.82, 2.24) is 4.72 Å². The predicted octanol–water partition coefficient (Wildman–Crippen LogP) is 2.24. The summed E-state index contributed by atoms with van der Waals surface area (Å²) in [5.74, 6) is -0.329. The van der Waals surface area contributed by atoms with Crippen molar-refractivity contribution in [2.24, 2.45) is 0 Å². The molecule has 0 aromatic heterocycles. The normalized spacial score (nSPS) is 11.3. The number of para-hydroxylation sites is 1. The van der Waals surface area contributed by atoms with E-state index in [-0.39, 0.29) is 17.3 Å². The zero-order valence-electron chi connectivity index (χ0n) is 13.4. The van der Waals surface area contributed by atoms with Crippen LogP contribution in [0.25, 0.3) is 0 Å². The van der Waals surface area contributed by atoms with Crippen molar-refractivity contribution in [1.29, 1.82) is 0 Å². The average molecular weight is 332 g/mol. The monoisotopic (exact) mass is 332 g/mol. The van der Waals surface area contributed by atoms with Crippen molar-refractivity contribution in [2.45, 2.75) is 18.7 Å². The zero-order chi connectivity index (χ0) is 17.0. The van der Waals surface area contributed by atoms with Gasteiger partial charge in [-0.1, -0.05) is 30.3 Å². The zero-order valence-corrected chi connectivity index (χ0v) is 14.2. The van der Waals surface area contributed by atoms with Gasteiger partial charge >= 0.3 is 0 Å². The summed E-state index contributed by atoms with van der Waals surface area (Å²) in [5.41, 5.74) is 2.21. The number of sulfonamides is 1. The molecule has 1 N–H and O–H groups in total. The highest BCUT2D eigenvalue weighted by atomic mass is 32.2. The van der Waals surface area contributed by atoms with E-state index in [9.17, 15) is 13.2 Å². The summed E-state index contributed by atoms with van der Waals surface area (Å²) in [6.07, 6.45) is 0. The lowest BCUT2D eigenvalue weighted by atomic mass is 10.2. The molecule has 23 heavy (non-hydrogen) atoms. The summed E-state index contributed by atoms with van der Waals surface area (Å²) in [4.78, 5) is 13.8. The van der Waals surface area contributed by atoms with Crippen molar-refractivity contribution in [3.8, 4) is 0 Å². The fraction of sp³-hybridized carbons (Fsp3) is 0.235. The molecule has 1 amide bonds. The van der Waals surface area contributed by atoms with Gasteiger partial charge < -0.3 is 4.90 Å². The van der Waals surface area contributed by atoms with Gasteiger partial charge in [0.1, 0.15) is 0 Å². The van der Waals surface area contributed by atoms with Crippen LogP contribution in [0.4, 0.5) is 5.69 Å². The molecular weight excluding hydrogens is 312 g/mol. The van der Waals surface area contributed by atoms with Crippen molar-refractivity contribution >= 4 is 21.6 Å². The number of amides is 1. The lowest BCUT2D eigenvalue weighted by Gasteiger charge is -2.18. The number of carbonyl (C=O) groups is 1. The second kappa shape index (κ2) is 6.93. The topological polar surface area (TPSA) is 66.5 Å². The molecule has 0 bridgehead atoms. The Hall–Kier alpha value is -2.18. The van der Waals surface area contributed by atoms with Gasteiger partial charge in [-0.25, -0.2) is 13.1 Å². The Morgan fingerprint density at radius 2 is 1.74 bits per heavy atom. The van der Waals surface area contributed by atoms with Crippen LogP contribution in [0.1, 0.15) is 11.1 Å². The lowest BCUT2D eigenvalue weighted by molar-refractivity contribution is -0.117. The highest BCUT2D eigenvalue weighted by molar-refractivity contribution is 7.89. The van der Waals surface area contributed by atoms with E-state index in [1.54, 1.807) is 38.2 Å². The average Bonchev–Trinajstić information content (AvgIpc) is 2.55. The third-order valence-corrected chi connectivity index (χ3v) is 5.11. The van der Waals surface area contributed by atoms with E-state index < -0.39 is 10.0 Å². The Kier molecular flexibility index (Phi) is 5.18. The van der Waals surface area contributed by atoms with Gasteiger partial charge in [0.2, 0.25) is 15.9 Å². The van der Waals surface area contributed by atoms with E-state index in [1.807, 2.05) is 31.2 Å². The van der Waals surface area contributed by atoms with Crippen LogP contribution >= 0.6 is 0 Å². The summed E-state index contributed by atoms with van der Waals surface area (Å²) in [6.45, 7) is 3.26. The first kappa shape index (κ1) is 17.2. The molecule has 2 rings (SSSR count). The van der Waals surface area contributed by atoms with E-state index in [4.69, 9.17) is 0 Å². The van der Waals surface area contributed by atoms with Gasteiger partial charge in [0, 0.05) is 12.7 Å². The maximum Gasteiger partial charge on any atom is 0.241 e. The fourth-order valence-electron chi connectivity index (χ4n) is 2.15. The largest absolute Gasteiger partial charge is 0.314 e. The maximum atomic E-state index is 12.4. The van der Waals surface area contributed by atoms with E-state index >= 15 is 0 Å². The van der Waals surface area contributed by atoms with Gasteiger partial charge in [-0.15, -0.1) is 0 Å². The Morgan fingerprint density at radius 1 is 1.09 bits per heavy atom. The van der Waals surface area contributed by atoms with Crippen LogP contribution in [0.3, 0.4) is 0 Å². The standard InChI is InChI=1S/C17H20N2O3S/c1-13-9-10-14(2)16(11-13)23(21,22)18-12-17(20)19(3)15-7-5-4-6-8-15/h4-11,18H,12H2,1-3H3. The third kappa shape index (κ3) is 4.18. The number of nitrogens with one attached hydrogen (secondary N) is 1. The molecule has 0 aliphatic heterocycles. The number of carbonyl (C=O) groups excluding carboxylic acids is 1. The molecule has 2 aromatic rings. The van der Waals surface area contributed by atoms with Gasteiger partial charge in [0.25, 0.3) is 0 Å². The molecular formula is C17H20N2O3S. The molecule has 0 saturated carbocycles. The van der Waals surface area contributed by atoms with Gasteiger partial charge in [0.15, 0.2) is 0 Å². The van der Waals surface area contributed by atoms with Crippen molar-refractivity contribution in [2.75, 3.05) is 18.5 Å². The van der Waals surface area contributed by atoms with Crippen LogP contribution < -0.4 is 9.62 Å². The van der Waals surface area contributed by atoms with Gasteiger partial charge in [-0.05, 0) is 43.2 Å². The molecule has 0 atom stereocenters. The summed E-state index contributed by atoms with van der Waals surface area (Å²) in [5, 5.41) is 0. The van der Waals surface area contributed by atoms with E-state index in [1.165, 1.54) is 4.90 Å². The van der Waals surface area contributed by atoms with E-state index in [0.717, 1.165) is 5.56 Å². The Bertz CT molecular complexity index is 802. The van der Waals surface area contributed by atoms with Crippen molar-refractivity contribution < 1.29 is 13.2 Å². The highest BCUT2D eigenvalue weighted by Crippen LogP contribution is 2.16. The highest BCUT2D eigenvalue weighted by Gasteiger charge is 2.19. The Balaban J connectivity index is 2.10. The molecule has 5 nitrogen and oxygen atoms in total. The number of rotatable bonds is 5. The molecule has 0 radical (unpaired) electrons. The number of hydrogen-bond donors (Lipinski definition) is 1. The molecule has 0 spiro atoms. The fourth-order valence-corrected chi connectivity index (χ4v) is 3.45. The second-order valence-electron chi connectivity index (χ2n) is 5.38. The number of benzene rings is 2. The van der Waals surface area contributed by atoms with Gasteiger partial charge in [-0.3, -0.25) is 4.79 Å². The quantitative estimate of drug-likeness (QED) is 0.913. The molecule has 0 unspecified atom stereocenters. The molecule has 122 valence electrons. The molecule has 2 aromatic carbocycles. The smallest absolute Gasteiger partial charge is 0.241 e. The molecule has 0 fully saturated rings. The van der Waals surface area contributed by atoms with Gasteiger partial charge in [-0.2, -0.15) is 0 Å². The van der Waals surface area contributed by atoms with E-state index in [0.29, 0.717) is 11.3 Å². The molecule has 0 saturated heterocycles. The number of hydrogen-bond acceptors (Lipinski definition) is 3. The molecule has 6 heteroatoms. The number of nitrogens with zero attached hydrogens (tertiary/aromatic N) is 1. The predicted molar refractivity (Wildman–Crippen MR) is 91.0 cm³/mol. The summed E-state index contributed by atoms with van der Waals surface area (Å²) in [7, 11) is -2.11. The lowest BCUT2D eigenvalue weighted by Crippen LogP contribution is -2.38. The molecule has 0 aliphatic rings. The van der Waals surface area contributed by atoms with Crippen LogP contribution in [-0.2, 0) is 14.8 Å². The Labute approximate surface area is 137 Å². The van der Waals surface area contributed by atoms with Gasteiger partial charge in [0.05, 0.1) is 11.4 Å². The van der Waals surface area contributed by atoms with Crippen LogP contribution in [0.15, 0.2) is 53.4 Å². The molecule has 0 heterocycles. The third-order valence-electron chi connectivity index (χ3n) is 3.56. The summed E-state index contributed by atoms with van der Waals surface area (Å²) < 4.78 is 27.1. The minimum Gasteiger partial charge on any atom is -0.314 e. The number of anilines is 1. The van der Waals surface area contributed by atoms with Crippen LogP contribution in [0.2, 0.25) is 0 Å².